The highest BCUT2D eigenvalue weighted by Gasteiger charge is 2.15. The fourth-order valence-electron chi connectivity index (χ4n) is 2.98. The molecule has 0 saturated heterocycles. The topological polar surface area (TPSA) is 122 Å². The maximum Gasteiger partial charge on any atom is 0.225 e. The molecule has 2 aromatic heterocycles. The molecule has 4 aromatic rings. The van der Waals surface area contributed by atoms with E-state index < -0.39 is 0 Å². The van der Waals surface area contributed by atoms with E-state index in [1.807, 2.05) is 62.4 Å². The molecule has 0 spiro atoms. The van der Waals surface area contributed by atoms with Crippen LogP contribution in [0.1, 0.15) is 11.1 Å². The molecule has 0 fully saturated rings. The van der Waals surface area contributed by atoms with E-state index in [1.54, 1.807) is 0 Å². The molecule has 170 valence electrons. The number of aromatic amines is 1. The third-order valence-electron chi connectivity index (χ3n) is 4.72. The van der Waals surface area contributed by atoms with E-state index in [4.69, 9.17) is 14.8 Å². The average Bonchev–Trinajstić information content (AvgIpc) is 3.27. The summed E-state index contributed by atoms with van der Waals surface area (Å²) in [6.07, 6.45) is 0. The van der Waals surface area contributed by atoms with Crippen molar-refractivity contribution in [2.24, 2.45) is 0 Å². The van der Waals surface area contributed by atoms with Gasteiger partial charge in [-0.1, -0.05) is 71.4 Å². The number of H-pyrrole nitrogens is 1. The first-order chi connectivity index (χ1) is 16.1. The lowest BCUT2D eigenvalue weighted by molar-refractivity contribution is 0.103. The largest absolute Gasteiger partial charge is 0.394 e. The lowest BCUT2D eigenvalue weighted by Gasteiger charge is -2.10. The number of ether oxygens (including phenoxy) is 1. The number of aliphatic hydroxyl groups excluding tert-OH is 1. The monoisotopic (exact) mass is 463 g/mol. The second-order valence-corrected chi connectivity index (χ2v) is 8.40. The first-order valence-electron chi connectivity index (χ1n) is 10.5. The number of nitrogens with one attached hydrogen (secondary N) is 2. The summed E-state index contributed by atoms with van der Waals surface area (Å²) in [5.41, 5.74) is 4.71. The predicted molar refractivity (Wildman–Crippen MR) is 128 cm³/mol. The van der Waals surface area contributed by atoms with E-state index in [0.717, 1.165) is 22.3 Å². The zero-order valence-corrected chi connectivity index (χ0v) is 19.3. The Balaban J connectivity index is 1.58. The van der Waals surface area contributed by atoms with E-state index in [0.29, 0.717) is 47.4 Å². The highest BCUT2D eigenvalue weighted by molar-refractivity contribution is 7.99. The number of thioether (sulfide) groups is 1. The highest BCUT2D eigenvalue weighted by atomic mass is 32.2. The second-order valence-electron chi connectivity index (χ2n) is 7.34. The number of hydrogen-bond donors (Lipinski definition) is 3. The van der Waals surface area contributed by atoms with Crippen LogP contribution in [-0.2, 0) is 4.74 Å². The molecule has 0 bridgehead atoms. The summed E-state index contributed by atoms with van der Waals surface area (Å²) in [6.45, 7) is 4.92. The van der Waals surface area contributed by atoms with Gasteiger partial charge >= 0.3 is 0 Å². The molecule has 0 amide bonds. The summed E-state index contributed by atoms with van der Waals surface area (Å²) in [6, 6.07) is 16.0. The Morgan fingerprint density at radius 1 is 0.909 bits per heavy atom. The molecule has 0 aliphatic heterocycles. The van der Waals surface area contributed by atoms with Crippen LogP contribution in [0.2, 0.25) is 0 Å². The van der Waals surface area contributed by atoms with Gasteiger partial charge in [0, 0.05) is 16.9 Å². The molecular formula is C23H25N7O2S. The van der Waals surface area contributed by atoms with Crippen molar-refractivity contribution < 1.29 is 9.84 Å². The Labute approximate surface area is 196 Å². The third kappa shape index (κ3) is 6.13. The molecule has 0 unspecified atom stereocenters. The molecule has 0 atom stereocenters. The first kappa shape index (κ1) is 22.8. The summed E-state index contributed by atoms with van der Waals surface area (Å²) in [5.74, 6) is 2.18. The van der Waals surface area contributed by atoms with Gasteiger partial charge in [-0.05, 0) is 13.8 Å². The van der Waals surface area contributed by atoms with Crippen LogP contribution in [0.3, 0.4) is 0 Å². The quantitative estimate of drug-likeness (QED) is 0.238. The van der Waals surface area contributed by atoms with Crippen LogP contribution in [0.4, 0.5) is 11.8 Å². The van der Waals surface area contributed by atoms with E-state index in [9.17, 15) is 0 Å². The molecule has 4 rings (SSSR count). The summed E-state index contributed by atoms with van der Waals surface area (Å²) in [5, 5.41) is 28.5. The minimum Gasteiger partial charge on any atom is -0.394 e. The molecule has 10 heteroatoms. The maximum atomic E-state index is 8.76. The Morgan fingerprint density at radius 3 is 2.30 bits per heavy atom. The normalized spacial score (nSPS) is 11.0. The van der Waals surface area contributed by atoms with Gasteiger partial charge < -0.3 is 15.2 Å². The maximum absolute atomic E-state index is 8.76. The zero-order valence-electron chi connectivity index (χ0n) is 18.4. The van der Waals surface area contributed by atoms with E-state index in [1.165, 1.54) is 11.8 Å². The van der Waals surface area contributed by atoms with E-state index in [-0.39, 0.29) is 6.61 Å². The predicted octanol–water partition coefficient (Wildman–Crippen LogP) is 3.79. The Bertz CT molecular complexity index is 1180. The van der Waals surface area contributed by atoms with Crippen LogP contribution in [0, 0.1) is 13.8 Å². The van der Waals surface area contributed by atoms with E-state index >= 15 is 0 Å². The number of benzene rings is 2. The van der Waals surface area contributed by atoms with Crippen molar-refractivity contribution in [1.29, 1.82) is 0 Å². The minimum absolute atomic E-state index is 0.0141. The fourth-order valence-corrected chi connectivity index (χ4v) is 3.63. The van der Waals surface area contributed by atoms with Crippen molar-refractivity contribution in [2.45, 2.75) is 19.0 Å². The number of nitrogens with zero attached hydrogens (tertiary/aromatic N) is 5. The van der Waals surface area contributed by atoms with E-state index in [2.05, 4.69) is 30.7 Å². The summed E-state index contributed by atoms with van der Waals surface area (Å²) >= 11 is 1.46. The Hall–Kier alpha value is -3.34. The van der Waals surface area contributed by atoms with Gasteiger partial charge in [0.05, 0.1) is 19.8 Å². The Kier molecular flexibility index (Phi) is 7.61. The van der Waals surface area contributed by atoms with Crippen molar-refractivity contribution in [3.8, 4) is 22.6 Å². The summed E-state index contributed by atoms with van der Waals surface area (Å²) in [7, 11) is 0. The highest BCUT2D eigenvalue weighted by Crippen LogP contribution is 2.28. The van der Waals surface area contributed by atoms with Gasteiger partial charge in [-0.3, -0.25) is 0 Å². The van der Waals surface area contributed by atoms with Gasteiger partial charge in [0.25, 0.3) is 0 Å². The SMILES string of the molecule is Cc1ccc(-c2nnc(-c3ccc(C)cc3)c(Nc3nc(SCCOCCO)n[nH]3)n2)cc1. The average molecular weight is 464 g/mol. The molecule has 2 aromatic carbocycles. The van der Waals surface area contributed by atoms with Gasteiger partial charge in [-0.15, -0.1) is 15.3 Å². The lowest BCUT2D eigenvalue weighted by Crippen LogP contribution is -2.04. The van der Waals surface area contributed by atoms with Crippen molar-refractivity contribution in [1.82, 2.24) is 30.4 Å². The Morgan fingerprint density at radius 2 is 1.61 bits per heavy atom. The smallest absolute Gasteiger partial charge is 0.225 e. The van der Waals surface area contributed by atoms with Crippen LogP contribution >= 0.6 is 11.8 Å². The fraction of sp³-hybridized carbons (Fsp3) is 0.261. The first-order valence-corrected chi connectivity index (χ1v) is 11.5. The molecule has 33 heavy (non-hydrogen) atoms. The molecule has 3 N–H and O–H groups in total. The summed E-state index contributed by atoms with van der Waals surface area (Å²) < 4.78 is 5.27. The number of anilines is 2. The minimum atomic E-state index is 0.0141. The molecule has 9 nitrogen and oxygen atoms in total. The standard InChI is InChI=1S/C23H25N7O2S/c1-15-3-7-17(8-4-15)19-21(24-20(28-27-19)18-9-5-16(2)6-10-18)25-22-26-23(30-29-22)33-14-13-32-12-11-31/h3-10,31H,11-14H2,1-2H3,(H2,24,25,26,28,29,30). The van der Waals surface area contributed by atoms with Crippen LogP contribution in [0.25, 0.3) is 22.6 Å². The summed E-state index contributed by atoms with van der Waals surface area (Å²) in [4.78, 5) is 9.23. The second kappa shape index (κ2) is 11.0. The number of rotatable bonds is 10. The number of hydrogen-bond acceptors (Lipinski definition) is 9. The molecular weight excluding hydrogens is 438 g/mol. The van der Waals surface area contributed by atoms with Crippen molar-refractivity contribution in [3.05, 3.63) is 59.7 Å². The van der Waals surface area contributed by atoms with Crippen molar-refractivity contribution >= 4 is 23.5 Å². The number of aliphatic hydroxyl groups is 1. The van der Waals surface area contributed by atoms with Crippen LogP contribution < -0.4 is 5.32 Å². The van der Waals surface area contributed by atoms with Crippen molar-refractivity contribution in [3.63, 3.8) is 0 Å². The third-order valence-corrected chi connectivity index (χ3v) is 5.53. The molecule has 0 saturated carbocycles. The lowest BCUT2D eigenvalue weighted by atomic mass is 10.1. The van der Waals surface area contributed by atoms with Gasteiger partial charge in [0.1, 0.15) is 5.69 Å². The van der Waals surface area contributed by atoms with Crippen LogP contribution in [-0.4, -0.2) is 61.0 Å². The molecule has 0 aliphatic rings. The zero-order chi connectivity index (χ0) is 23.0. The number of aromatic nitrogens is 6. The molecule has 2 heterocycles. The van der Waals surface area contributed by atoms with Gasteiger partial charge in [-0.2, -0.15) is 4.98 Å². The molecule has 0 radical (unpaired) electrons. The van der Waals surface area contributed by atoms with Gasteiger partial charge in [0.15, 0.2) is 11.6 Å². The molecule has 0 aliphatic carbocycles. The van der Waals surface area contributed by atoms with Gasteiger partial charge in [0.2, 0.25) is 11.1 Å². The van der Waals surface area contributed by atoms with Crippen LogP contribution in [0.5, 0.6) is 0 Å². The van der Waals surface area contributed by atoms with Crippen LogP contribution in [0.15, 0.2) is 53.7 Å². The van der Waals surface area contributed by atoms with Gasteiger partial charge in [-0.25, -0.2) is 10.1 Å². The van der Waals surface area contributed by atoms with Crippen molar-refractivity contribution in [2.75, 3.05) is 30.9 Å². The number of aryl methyl sites for hydroxylation is 2.